The first kappa shape index (κ1) is 15.3. The minimum absolute atomic E-state index is 0.0480. The van der Waals surface area contributed by atoms with Crippen LogP contribution in [0.25, 0.3) is 11.1 Å². The molecule has 0 aliphatic rings. The van der Waals surface area contributed by atoms with Crippen LogP contribution in [-0.4, -0.2) is 22.2 Å². The van der Waals surface area contributed by atoms with Gasteiger partial charge in [-0.1, -0.05) is 23.4 Å². The molecule has 0 aliphatic carbocycles. The minimum atomic E-state index is -4.40. The van der Waals surface area contributed by atoms with Crippen molar-refractivity contribution < 1.29 is 17.7 Å². The van der Waals surface area contributed by atoms with Gasteiger partial charge in [-0.2, -0.15) is 18.2 Å². The molecule has 0 bridgehead atoms. The summed E-state index contributed by atoms with van der Waals surface area (Å²) in [7, 11) is 1.67. The topological polar surface area (TPSA) is 55.1 Å². The molecule has 5 nitrogen and oxygen atoms in total. The van der Waals surface area contributed by atoms with Gasteiger partial charge in [0.15, 0.2) is 0 Å². The standard InChI is InChI=1S/C15H13F3N4O/c1-9-12-13(19-8-20-14(12)23-21-9)22(2)7-10-5-3-4-6-11(10)15(16,17)18/h3-6,8H,7H2,1-2H3. The van der Waals surface area contributed by atoms with Crippen LogP contribution < -0.4 is 4.90 Å². The van der Waals surface area contributed by atoms with Crippen LogP contribution in [0.2, 0.25) is 0 Å². The number of aromatic nitrogens is 3. The molecule has 8 heteroatoms. The molecule has 3 rings (SSSR count). The summed E-state index contributed by atoms with van der Waals surface area (Å²) in [5, 5.41) is 4.42. The molecule has 0 saturated heterocycles. The Balaban J connectivity index is 1.99. The van der Waals surface area contributed by atoms with Gasteiger partial charge in [0.05, 0.1) is 11.3 Å². The predicted molar refractivity (Wildman–Crippen MR) is 77.9 cm³/mol. The van der Waals surface area contributed by atoms with Crippen molar-refractivity contribution in [3.8, 4) is 0 Å². The maximum atomic E-state index is 13.1. The fraction of sp³-hybridized carbons (Fsp3) is 0.267. The lowest BCUT2D eigenvalue weighted by atomic mass is 10.1. The molecule has 2 heterocycles. The van der Waals surface area contributed by atoms with Crippen molar-refractivity contribution in [3.05, 3.63) is 47.4 Å². The summed E-state index contributed by atoms with van der Waals surface area (Å²) >= 11 is 0. The number of fused-ring (bicyclic) bond motifs is 1. The Morgan fingerprint density at radius 3 is 2.65 bits per heavy atom. The number of aryl methyl sites for hydroxylation is 1. The summed E-state index contributed by atoms with van der Waals surface area (Å²) in [4.78, 5) is 9.75. The van der Waals surface area contributed by atoms with E-state index in [-0.39, 0.29) is 12.1 Å². The van der Waals surface area contributed by atoms with Crippen LogP contribution in [0.1, 0.15) is 16.8 Å². The third-order valence-electron chi connectivity index (χ3n) is 3.52. The monoisotopic (exact) mass is 322 g/mol. The molecular formula is C15H13F3N4O. The molecule has 0 saturated carbocycles. The van der Waals surface area contributed by atoms with Gasteiger partial charge in [-0.15, -0.1) is 0 Å². The summed E-state index contributed by atoms with van der Waals surface area (Å²) in [5.41, 5.74) is 0.414. The summed E-state index contributed by atoms with van der Waals surface area (Å²) in [6.07, 6.45) is -3.10. The highest BCUT2D eigenvalue weighted by atomic mass is 19.4. The van der Waals surface area contributed by atoms with Gasteiger partial charge in [0.1, 0.15) is 17.5 Å². The SMILES string of the molecule is Cc1noc2ncnc(N(C)Cc3ccccc3C(F)(F)F)c12. The molecule has 0 spiro atoms. The lowest BCUT2D eigenvalue weighted by Crippen LogP contribution is -2.21. The van der Waals surface area contributed by atoms with E-state index in [1.807, 2.05) is 0 Å². The van der Waals surface area contributed by atoms with E-state index >= 15 is 0 Å². The first-order valence-electron chi connectivity index (χ1n) is 6.81. The van der Waals surface area contributed by atoms with Crippen LogP contribution in [0.4, 0.5) is 19.0 Å². The van der Waals surface area contributed by atoms with Crippen molar-refractivity contribution >= 4 is 16.9 Å². The van der Waals surface area contributed by atoms with Gasteiger partial charge in [-0.05, 0) is 18.6 Å². The Bertz CT molecular complexity index is 844. The van der Waals surface area contributed by atoms with Crippen molar-refractivity contribution in [2.75, 3.05) is 11.9 Å². The second-order valence-corrected chi connectivity index (χ2v) is 5.16. The van der Waals surface area contributed by atoms with Crippen molar-refractivity contribution in [2.45, 2.75) is 19.6 Å². The van der Waals surface area contributed by atoms with Gasteiger partial charge in [-0.3, -0.25) is 0 Å². The van der Waals surface area contributed by atoms with Crippen molar-refractivity contribution in [1.82, 2.24) is 15.1 Å². The quantitative estimate of drug-likeness (QED) is 0.738. The Labute approximate surface area is 129 Å². The average Bonchev–Trinajstić information content (AvgIpc) is 2.88. The number of nitrogens with zero attached hydrogens (tertiary/aromatic N) is 4. The Morgan fingerprint density at radius 1 is 1.17 bits per heavy atom. The molecule has 3 aromatic rings. The largest absolute Gasteiger partial charge is 0.416 e. The van der Waals surface area contributed by atoms with Gasteiger partial charge in [0.2, 0.25) is 0 Å². The molecule has 0 unspecified atom stereocenters. The molecule has 23 heavy (non-hydrogen) atoms. The number of hydrogen-bond acceptors (Lipinski definition) is 5. The zero-order valence-electron chi connectivity index (χ0n) is 12.4. The van der Waals surface area contributed by atoms with Crippen molar-refractivity contribution in [1.29, 1.82) is 0 Å². The number of hydrogen-bond donors (Lipinski definition) is 0. The van der Waals surface area contributed by atoms with E-state index < -0.39 is 11.7 Å². The van der Waals surface area contributed by atoms with Gasteiger partial charge in [0, 0.05) is 13.6 Å². The Morgan fingerprint density at radius 2 is 1.91 bits per heavy atom. The average molecular weight is 322 g/mol. The first-order valence-corrected chi connectivity index (χ1v) is 6.81. The van der Waals surface area contributed by atoms with E-state index in [0.29, 0.717) is 22.6 Å². The highest BCUT2D eigenvalue weighted by Gasteiger charge is 2.33. The normalized spacial score (nSPS) is 11.9. The van der Waals surface area contributed by atoms with E-state index in [0.717, 1.165) is 6.07 Å². The second kappa shape index (κ2) is 5.53. The van der Waals surface area contributed by atoms with Crippen molar-refractivity contribution in [3.63, 3.8) is 0 Å². The van der Waals surface area contributed by atoms with Crippen molar-refractivity contribution in [2.24, 2.45) is 0 Å². The summed E-state index contributed by atoms with van der Waals surface area (Å²) in [6, 6.07) is 5.49. The number of benzene rings is 1. The van der Waals surface area contributed by atoms with Gasteiger partial charge >= 0.3 is 6.18 Å². The second-order valence-electron chi connectivity index (χ2n) is 5.16. The van der Waals surface area contributed by atoms with E-state index in [1.165, 1.54) is 18.5 Å². The Hall–Kier alpha value is -2.64. The molecule has 0 atom stereocenters. The fourth-order valence-electron chi connectivity index (χ4n) is 2.46. The highest BCUT2D eigenvalue weighted by Crippen LogP contribution is 2.33. The Kier molecular flexibility index (Phi) is 3.67. The third-order valence-corrected chi connectivity index (χ3v) is 3.52. The minimum Gasteiger partial charge on any atom is -0.355 e. The summed E-state index contributed by atoms with van der Waals surface area (Å²) < 4.78 is 44.4. The highest BCUT2D eigenvalue weighted by molar-refractivity contribution is 5.87. The molecular weight excluding hydrogens is 309 g/mol. The zero-order chi connectivity index (χ0) is 16.6. The molecule has 0 amide bonds. The molecule has 0 radical (unpaired) electrons. The number of anilines is 1. The van der Waals surface area contributed by atoms with Crippen LogP contribution in [0, 0.1) is 6.92 Å². The molecule has 0 N–H and O–H groups in total. The number of alkyl halides is 3. The van der Waals surface area contributed by atoms with Crippen LogP contribution >= 0.6 is 0 Å². The maximum Gasteiger partial charge on any atom is 0.416 e. The zero-order valence-corrected chi connectivity index (χ0v) is 12.4. The predicted octanol–water partition coefficient (Wildman–Crippen LogP) is 3.58. The van der Waals surface area contributed by atoms with Gasteiger partial charge in [0.25, 0.3) is 5.71 Å². The summed E-state index contributed by atoms with van der Waals surface area (Å²) in [6.45, 7) is 1.78. The molecule has 0 fully saturated rings. The molecule has 0 aliphatic heterocycles. The smallest absolute Gasteiger partial charge is 0.355 e. The lowest BCUT2D eigenvalue weighted by molar-refractivity contribution is -0.138. The number of rotatable bonds is 3. The van der Waals surface area contributed by atoms with Gasteiger partial charge < -0.3 is 9.42 Å². The van der Waals surface area contributed by atoms with E-state index in [1.54, 1.807) is 24.9 Å². The van der Waals surface area contributed by atoms with E-state index in [2.05, 4.69) is 15.1 Å². The van der Waals surface area contributed by atoms with E-state index in [9.17, 15) is 13.2 Å². The van der Waals surface area contributed by atoms with Crippen LogP contribution in [0.5, 0.6) is 0 Å². The van der Waals surface area contributed by atoms with Crippen LogP contribution in [0.3, 0.4) is 0 Å². The first-order chi connectivity index (χ1) is 10.9. The van der Waals surface area contributed by atoms with Crippen LogP contribution in [0.15, 0.2) is 35.1 Å². The van der Waals surface area contributed by atoms with Crippen LogP contribution in [-0.2, 0) is 12.7 Å². The lowest BCUT2D eigenvalue weighted by Gasteiger charge is -2.21. The third kappa shape index (κ3) is 2.84. The number of halogens is 3. The summed E-state index contributed by atoms with van der Waals surface area (Å²) in [5.74, 6) is 0.478. The van der Waals surface area contributed by atoms with E-state index in [4.69, 9.17) is 4.52 Å². The van der Waals surface area contributed by atoms with Gasteiger partial charge in [-0.25, -0.2) is 4.98 Å². The molecule has 120 valence electrons. The maximum absolute atomic E-state index is 13.1. The fourth-order valence-corrected chi connectivity index (χ4v) is 2.46. The molecule has 1 aromatic carbocycles. The molecule has 2 aromatic heterocycles.